The number of fused-ring (bicyclic) bond motifs is 10. The molecule has 0 bridgehead atoms. The van der Waals surface area contributed by atoms with Crippen molar-refractivity contribution >= 4 is 113 Å². The highest BCUT2D eigenvalue weighted by Crippen LogP contribution is 2.41. The van der Waals surface area contributed by atoms with Crippen LogP contribution < -0.4 is 4.90 Å². The Hall–Kier alpha value is -7.70. The maximum absolute atomic E-state index is 4.94. The van der Waals surface area contributed by atoms with Crippen molar-refractivity contribution in [2.75, 3.05) is 4.90 Å². The molecule has 0 aliphatic carbocycles. The summed E-state index contributed by atoms with van der Waals surface area (Å²) in [6, 6.07) is 73.0. The summed E-state index contributed by atoms with van der Waals surface area (Å²) >= 11 is 3.60. The van der Waals surface area contributed by atoms with Gasteiger partial charge in [-0.25, -0.2) is 0 Å². The normalized spacial score (nSPS) is 11.8. The molecule has 0 amide bonds. The monoisotopic (exact) mass is 837 g/mol. The van der Waals surface area contributed by atoms with Gasteiger partial charge in [0.2, 0.25) is 0 Å². The summed E-state index contributed by atoms with van der Waals surface area (Å²) in [5, 5.41) is 9.86. The van der Waals surface area contributed by atoms with E-state index in [1.165, 1.54) is 73.0 Å². The average Bonchev–Trinajstić information content (AvgIpc) is 3.92. The van der Waals surface area contributed by atoms with Crippen LogP contribution in [-0.2, 0) is 0 Å². The van der Waals surface area contributed by atoms with E-state index >= 15 is 0 Å². The zero-order valence-electron chi connectivity index (χ0n) is 33.9. The third-order valence-electron chi connectivity index (χ3n) is 12.5. The minimum Gasteiger partial charge on any atom is -0.310 e. The highest BCUT2D eigenvalue weighted by Gasteiger charge is 2.17. The molecule has 9 aromatic carbocycles. The van der Waals surface area contributed by atoms with Crippen molar-refractivity contribution in [3.8, 4) is 33.4 Å². The second-order valence-corrected chi connectivity index (χ2v) is 18.4. The van der Waals surface area contributed by atoms with Gasteiger partial charge in [-0.15, -0.1) is 22.7 Å². The SMILES string of the molecule is c1ccc2cc(-c3ccc4c(ccc5cc(N(c6ccc(-c7cnc8c(c7)sc7ccccc78)cc6)c6ccc(-c7cnc8c(c7)sc7ccccc78)cc6)ccc54)c3)ccc2c1. The first kappa shape index (κ1) is 36.0. The van der Waals surface area contributed by atoms with Gasteiger partial charge >= 0.3 is 0 Å². The molecule has 0 saturated carbocycles. The lowest BCUT2D eigenvalue weighted by Gasteiger charge is -2.26. The van der Waals surface area contributed by atoms with Gasteiger partial charge in [-0.05, 0) is 127 Å². The van der Waals surface area contributed by atoms with Crippen LogP contribution in [0.4, 0.5) is 17.1 Å². The molecule has 0 radical (unpaired) electrons. The maximum Gasteiger partial charge on any atom is 0.0888 e. The van der Waals surface area contributed by atoms with E-state index < -0.39 is 0 Å². The van der Waals surface area contributed by atoms with Crippen molar-refractivity contribution in [2.24, 2.45) is 0 Å². The number of thiophene rings is 2. The fourth-order valence-electron chi connectivity index (χ4n) is 9.30. The van der Waals surface area contributed by atoms with Crippen LogP contribution in [0.5, 0.6) is 0 Å². The van der Waals surface area contributed by atoms with Gasteiger partial charge in [-0.3, -0.25) is 9.97 Å². The number of rotatable bonds is 6. The first-order valence-corrected chi connectivity index (χ1v) is 22.8. The summed E-state index contributed by atoms with van der Waals surface area (Å²) in [5.41, 5.74) is 12.3. The minimum atomic E-state index is 1.07. The zero-order valence-corrected chi connectivity index (χ0v) is 35.5. The molecule has 0 N–H and O–H groups in total. The predicted molar refractivity (Wildman–Crippen MR) is 271 cm³/mol. The average molecular weight is 838 g/mol. The van der Waals surface area contributed by atoms with Gasteiger partial charge in [0.1, 0.15) is 0 Å². The third kappa shape index (κ3) is 6.16. The van der Waals surface area contributed by atoms with Crippen LogP contribution in [0.3, 0.4) is 0 Å². The molecule has 0 aliphatic heterocycles. The van der Waals surface area contributed by atoms with Crippen molar-refractivity contribution in [3.63, 3.8) is 0 Å². The molecular weight excluding hydrogens is 803 g/mol. The van der Waals surface area contributed by atoms with Gasteiger partial charge in [-0.1, -0.05) is 127 Å². The third-order valence-corrected chi connectivity index (χ3v) is 14.7. The molecule has 0 aliphatic rings. The topological polar surface area (TPSA) is 29.0 Å². The van der Waals surface area contributed by atoms with E-state index in [0.717, 1.165) is 50.3 Å². The lowest BCUT2D eigenvalue weighted by molar-refractivity contribution is 1.29. The Kier molecular flexibility index (Phi) is 8.26. The second-order valence-electron chi connectivity index (χ2n) is 16.2. The zero-order chi connectivity index (χ0) is 41.4. The Morgan fingerprint density at radius 2 is 0.730 bits per heavy atom. The largest absolute Gasteiger partial charge is 0.310 e. The van der Waals surface area contributed by atoms with Crippen LogP contribution in [0.1, 0.15) is 0 Å². The summed E-state index contributed by atoms with van der Waals surface area (Å²) in [5.74, 6) is 0. The van der Waals surface area contributed by atoms with Crippen LogP contribution in [-0.4, -0.2) is 9.97 Å². The van der Waals surface area contributed by atoms with Crippen LogP contribution >= 0.6 is 22.7 Å². The van der Waals surface area contributed by atoms with E-state index in [4.69, 9.17) is 9.97 Å². The molecule has 4 heterocycles. The van der Waals surface area contributed by atoms with Crippen molar-refractivity contribution in [3.05, 3.63) is 213 Å². The summed E-state index contributed by atoms with van der Waals surface area (Å²) in [4.78, 5) is 12.2. The van der Waals surface area contributed by atoms with E-state index in [0.29, 0.717) is 0 Å². The number of nitrogens with zero attached hydrogens (tertiary/aromatic N) is 3. The Morgan fingerprint density at radius 1 is 0.286 bits per heavy atom. The number of aromatic nitrogens is 2. The fraction of sp³-hybridized carbons (Fsp3) is 0. The molecule has 13 rings (SSSR count). The fourth-order valence-corrected chi connectivity index (χ4v) is 11.5. The van der Waals surface area contributed by atoms with E-state index in [2.05, 4.69) is 205 Å². The first-order chi connectivity index (χ1) is 31.2. The van der Waals surface area contributed by atoms with Gasteiger partial charge < -0.3 is 4.90 Å². The first-order valence-electron chi connectivity index (χ1n) is 21.2. The molecule has 63 heavy (non-hydrogen) atoms. The van der Waals surface area contributed by atoms with E-state index in [9.17, 15) is 0 Å². The summed E-state index contributed by atoms with van der Waals surface area (Å²) < 4.78 is 4.94. The lowest BCUT2D eigenvalue weighted by atomic mass is 9.96. The number of hydrogen-bond acceptors (Lipinski definition) is 5. The second kappa shape index (κ2) is 14.5. The van der Waals surface area contributed by atoms with Gasteiger partial charge in [-0.2, -0.15) is 0 Å². The molecule has 0 unspecified atom stereocenters. The Labute approximate surface area is 371 Å². The number of anilines is 3. The molecule has 0 atom stereocenters. The molecule has 0 saturated heterocycles. The highest BCUT2D eigenvalue weighted by atomic mass is 32.1. The van der Waals surface area contributed by atoms with Crippen LogP contribution in [0.2, 0.25) is 0 Å². The van der Waals surface area contributed by atoms with Crippen molar-refractivity contribution < 1.29 is 0 Å². The van der Waals surface area contributed by atoms with E-state index in [1.807, 2.05) is 12.4 Å². The summed E-state index contributed by atoms with van der Waals surface area (Å²) in [7, 11) is 0. The molecule has 4 aromatic heterocycles. The summed E-state index contributed by atoms with van der Waals surface area (Å²) in [6.07, 6.45) is 4.02. The minimum absolute atomic E-state index is 1.07. The smallest absolute Gasteiger partial charge is 0.0888 e. The van der Waals surface area contributed by atoms with Gasteiger partial charge in [0, 0.05) is 60.8 Å². The van der Waals surface area contributed by atoms with Gasteiger partial charge in [0.15, 0.2) is 0 Å². The number of benzene rings is 9. The molecule has 0 fully saturated rings. The molecular formula is C58H35N3S2. The van der Waals surface area contributed by atoms with E-state index in [-0.39, 0.29) is 0 Å². The molecule has 5 heteroatoms. The maximum atomic E-state index is 4.94. The Bertz CT molecular complexity index is 3760. The van der Waals surface area contributed by atoms with E-state index in [1.54, 1.807) is 22.7 Å². The molecule has 3 nitrogen and oxygen atoms in total. The molecule has 294 valence electrons. The van der Waals surface area contributed by atoms with Crippen molar-refractivity contribution in [1.82, 2.24) is 9.97 Å². The Morgan fingerprint density at radius 3 is 1.33 bits per heavy atom. The van der Waals surface area contributed by atoms with Crippen molar-refractivity contribution in [1.29, 1.82) is 0 Å². The lowest BCUT2D eigenvalue weighted by Crippen LogP contribution is -2.09. The standard InChI is InChI=1S/C58H35N3S2/c1-2-8-39-29-40(14-13-36(39)7-1)41-21-27-49-42(30-41)15-16-43-31-48(26-28-50(43)49)61(46-22-17-37(18-23-46)44-32-55-57(59-34-44)51-9-3-5-11-53(51)62-55)47-24-19-38(20-25-47)45-33-56-58(60-35-45)52-10-4-6-12-54(52)63-56/h1-35H. The quantitative estimate of drug-likeness (QED) is 0.156. The van der Waals surface area contributed by atoms with Crippen LogP contribution in [0.25, 0.3) is 106 Å². The molecule has 13 aromatic rings. The number of hydrogen-bond donors (Lipinski definition) is 0. The van der Waals surface area contributed by atoms with Crippen LogP contribution in [0, 0.1) is 0 Å². The summed E-state index contributed by atoms with van der Waals surface area (Å²) in [6.45, 7) is 0. The predicted octanol–water partition coefficient (Wildman–Crippen LogP) is 17.1. The Balaban J connectivity index is 0.884. The van der Waals surface area contributed by atoms with Gasteiger partial charge in [0.05, 0.1) is 20.4 Å². The van der Waals surface area contributed by atoms with Gasteiger partial charge in [0.25, 0.3) is 0 Å². The van der Waals surface area contributed by atoms with Crippen LogP contribution in [0.15, 0.2) is 213 Å². The molecule has 0 spiro atoms. The van der Waals surface area contributed by atoms with Crippen molar-refractivity contribution in [2.45, 2.75) is 0 Å². The number of pyridine rings is 2. The highest BCUT2D eigenvalue weighted by molar-refractivity contribution is 7.26.